The zero-order chi connectivity index (χ0) is 25.4. The molecule has 3 aromatic rings. The fourth-order valence-electron chi connectivity index (χ4n) is 4.88. The zero-order valence-electron chi connectivity index (χ0n) is 22.7. The minimum Gasteiger partial charge on any atom is -0.311 e. The van der Waals surface area contributed by atoms with Crippen LogP contribution in [0.25, 0.3) is 0 Å². The van der Waals surface area contributed by atoms with E-state index in [9.17, 15) is 0 Å². The van der Waals surface area contributed by atoms with E-state index in [0.29, 0.717) is 0 Å². The molecule has 0 unspecified atom stereocenters. The molecule has 0 spiro atoms. The third-order valence-electron chi connectivity index (χ3n) is 7.11. The van der Waals surface area contributed by atoms with E-state index in [1.807, 2.05) is 0 Å². The Kier molecular flexibility index (Phi) is 13.2. The van der Waals surface area contributed by atoms with Crippen LogP contribution in [0.4, 0.5) is 17.1 Å². The van der Waals surface area contributed by atoms with Crippen LogP contribution in [-0.2, 0) is 12.8 Å². The quantitative estimate of drug-likeness (QED) is 0.152. The highest BCUT2D eigenvalue weighted by atomic mass is 79.9. The van der Waals surface area contributed by atoms with Gasteiger partial charge in [0.15, 0.2) is 0 Å². The van der Waals surface area contributed by atoms with Gasteiger partial charge >= 0.3 is 0 Å². The number of aryl methyl sites for hydroxylation is 2. The Hall–Kier alpha value is -2.06. The van der Waals surface area contributed by atoms with Gasteiger partial charge in [-0.3, -0.25) is 0 Å². The third-order valence-corrected chi connectivity index (χ3v) is 7.64. The van der Waals surface area contributed by atoms with Crippen LogP contribution in [0.1, 0.15) is 102 Å². The summed E-state index contributed by atoms with van der Waals surface area (Å²) in [5, 5.41) is 0. The van der Waals surface area contributed by atoms with Gasteiger partial charge < -0.3 is 4.90 Å². The molecule has 0 heterocycles. The number of halogens is 1. The van der Waals surface area contributed by atoms with Gasteiger partial charge in [-0.1, -0.05) is 118 Å². The minimum atomic E-state index is 1.11. The normalized spacial score (nSPS) is 11.1. The maximum atomic E-state index is 3.59. The van der Waals surface area contributed by atoms with E-state index in [2.05, 4.69) is 107 Å². The summed E-state index contributed by atoms with van der Waals surface area (Å²) < 4.78 is 1.11. The van der Waals surface area contributed by atoms with Crippen LogP contribution in [-0.4, -0.2) is 0 Å². The molecular weight excluding hydrogens is 502 g/mol. The fourth-order valence-corrected chi connectivity index (χ4v) is 5.14. The Morgan fingerprint density at radius 3 is 1.17 bits per heavy atom. The molecule has 0 atom stereocenters. The topological polar surface area (TPSA) is 3.24 Å². The first kappa shape index (κ1) is 28.5. The number of unbranched alkanes of at least 4 members (excludes halogenated alkanes) is 10. The summed E-state index contributed by atoms with van der Waals surface area (Å²) in [4.78, 5) is 2.37. The van der Waals surface area contributed by atoms with Crippen molar-refractivity contribution in [3.63, 3.8) is 0 Å². The van der Waals surface area contributed by atoms with Gasteiger partial charge in [0.25, 0.3) is 0 Å². The van der Waals surface area contributed by atoms with Crippen molar-refractivity contribution in [1.82, 2.24) is 0 Å². The van der Waals surface area contributed by atoms with E-state index < -0.39 is 0 Å². The van der Waals surface area contributed by atoms with Crippen molar-refractivity contribution in [2.24, 2.45) is 0 Å². The molecule has 0 N–H and O–H groups in total. The van der Waals surface area contributed by atoms with E-state index >= 15 is 0 Å². The van der Waals surface area contributed by atoms with Crippen LogP contribution in [0.5, 0.6) is 0 Å². The molecule has 3 rings (SSSR count). The molecular formula is C34H46BrN. The lowest BCUT2D eigenvalue weighted by atomic mass is 10.0. The summed E-state index contributed by atoms with van der Waals surface area (Å²) >= 11 is 3.59. The maximum absolute atomic E-state index is 3.59. The second kappa shape index (κ2) is 16.6. The summed E-state index contributed by atoms with van der Waals surface area (Å²) in [5.74, 6) is 0. The Labute approximate surface area is 229 Å². The van der Waals surface area contributed by atoms with E-state index in [1.54, 1.807) is 0 Å². The van der Waals surface area contributed by atoms with Crippen molar-refractivity contribution in [2.45, 2.75) is 104 Å². The van der Waals surface area contributed by atoms with Crippen LogP contribution in [0, 0.1) is 0 Å². The Bertz CT molecular complexity index is 900. The number of rotatable bonds is 17. The first-order chi connectivity index (χ1) is 17.7. The van der Waals surface area contributed by atoms with Gasteiger partial charge in [0.05, 0.1) is 0 Å². The molecule has 2 heteroatoms. The monoisotopic (exact) mass is 547 g/mol. The molecule has 0 saturated carbocycles. The summed E-state index contributed by atoms with van der Waals surface area (Å²) in [6, 6.07) is 27.1. The second-order valence-corrected chi connectivity index (χ2v) is 11.1. The molecule has 0 fully saturated rings. The number of hydrogen-bond acceptors (Lipinski definition) is 1. The molecule has 0 aliphatic carbocycles. The van der Waals surface area contributed by atoms with Gasteiger partial charge in [-0.25, -0.2) is 0 Å². The van der Waals surface area contributed by atoms with E-state index in [-0.39, 0.29) is 0 Å². The smallest absolute Gasteiger partial charge is 0.0462 e. The zero-order valence-corrected chi connectivity index (χ0v) is 24.2. The summed E-state index contributed by atoms with van der Waals surface area (Å²) in [6.07, 6.45) is 18.5. The molecule has 194 valence electrons. The van der Waals surface area contributed by atoms with Gasteiger partial charge in [-0.05, 0) is 85.3 Å². The van der Waals surface area contributed by atoms with Crippen LogP contribution in [0.2, 0.25) is 0 Å². The molecule has 1 nitrogen and oxygen atoms in total. The van der Waals surface area contributed by atoms with Crippen LogP contribution in [0.15, 0.2) is 77.3 Å². The average Bonchev–Trinajstić information content (AvgIpc) is 2.91. The number of benzene rings is 3. The lowest BCUT2D eigenvalue weighted by Gasteiger charge is -2.26. The fraction of sp³-hybridized carbons (Fsp3) is 0.471. The van der Waals surface area contributed by atoms with Crippen molar-refractivity contribution >= 4 is 33.0 Å². The molecule has 0 bridgehead atoms. The molecule has 0 aliphatic rings. The van der Waals surface area contributed by atoms with Crippen LogP contribution >= 0.6 is 15.9 Å². The predicted octanol–water partition coefficient (Wildman–Crippen LogP) is 11.7. The molecule has 0 aromatic heterocycles. The maximum Gasteiger partial charge on any atom is 0.0462 e. The van der Waals surface area contributed by atoms with Crippen LogP contribution < -0.4 is 4.90 Å². The standard InChI is InChI=1S/C34H46BrN/c1-3-5-7-9-11-13-15-29-17-23-32(24-18-29)36(34-27-21-31(35)22-28-34)33-25-19-30(20-26-33)16-14-12-10-8-6-4-2/h17-28H,3-16H2,1-2H3. The van der Waals surface area contributed by atoms with Gasteiger partial charge in [-0.15, -0.1) is 0 Å². The Balaban J connectivity index is 1.65. The largest absolute Gasteiger partial charge is 0.311 e. The van der Waals surface area contributed by atoms with E-state index in [0.717, 1.165) is 4.47 Å². The second-order valence-electron chi connectivity index (χ2n) is 10.2. The summed E-state index contributed by atoms with van der Waals surface area (Å²) in [6.45, 7) is 4.56. The lowest BCUT2D eigenvalue weighted by Crippen LogP contribution is -2.10. The Morgan fingerprint density at radius 1 is 0.444 bits per heavy atom. The van der Waals surface area contributed by atoms with Gasteiger partial charge in [0.2, 0.25) is 0 Å². The van der Waals surface area contributed by atoms with Gasteiger partial charge in [0, 0.05) is 21.5 Å². The van der Waals surface area contributed by atoms with Crippen molar-refractivity contribution in [3.05, 3.63) is 88.4 Å². The highest BCUT2D eigenvalue weighted by molar-refractivity contribution is 9.10. The molecule has 0 amide bonds. The van der Waals surface area contributed by atoms with Gasteiger partial charge in [0.1, 0.15) is 0 Å². The number of nitrogens with zero attached hydrogens (tertiary/aromatic N) is 1. The third kappa shape index (κ3) is 9.77. The summed E-state index contributed by atoms with van der Waals surface area (Å²) in [7, 11) is 0. The molecule has 0 aliphatic heterocycles. The molecule has 3 aromatic carbocycles. The molecule has 0 radical (unpaired) electrons. The van der Waals surface area contributed by atoms with E-state index in [1.165, 1.54) is 118 Å². The van der Waals surface area contributed by atoms with Crippen molar-refractivity contribution in [3.8, 4) is 0 Å². The number of hydrogen-bond donors (Lipinski definition) is 0. The van der Waals surface area contributed by atoms with Crippen molar-refractivity contribution < 1.29 is 0 Å². The lowest BCUT2D eigenvalue weighted by molar-refractivity contribution is 0.607. The van der Waals surface area contributed by atoms with Crippen molar-refractivity contribution in [1.29, 1.82) is 0 Å². The molecule has 36 heavy (non-hydrogen) atoms. The highest BCUT2D eigenvalue weighted by Crippen LogP contribution is 2.35. The SMILES string of the molecule is CCCCCCCCc1ccc(N(c2ccc(Br)cc2)c2ccc(CCCCCCCC)cc2)cc1. The molecule has 0 saturated heterocycles. The van der Waals surface area contributed by atoms with Gasteiger partial charge in [-0.2, -0.15) is 0 Å². The van der Waals surface area contributed by atoms with E-state index in [4.69, 9.17) is 0 Å². The predicted molar refractivity (Wildman–Crippen MR) is 163 cm³/mol. The first-order valence-corrected chi connectivity index (χ1v) is 15.2. The average molecular weight is 549 g/mol. The highest BCUT2D eigenvalue weighted by Gasteiger charge is 2.12. The van der Waals surface area contributed by atoms with Crippen molar-refractivity contribution in [2.75, 3.05) is 4.90 Å². The first-order valence-electron chi connectivity index (χ1n) is 14.4. The minimum absolute atomic E-state index is 1.11. The summed E-state index contributed by atoms with van der Waals surface area (Å²) in [5.41, 5.74) is 6.50. The van der Waals surface area contributed by atoms with Crippen LogP contribution in [0.3, 0.4) is 0 Å². The Morgan fingerprint density at radius 2 is 0.778 bits per heavy atom. The number of anilines is 3.